The van der Waals surface area contributed by atoms with Crippen LogP contribution in [0.15, 0.2) is 48.7 Å². The van der Waals surface area contributed by atoms with Gasteiger partial charge in [-0.25, -0.2) is 4.98 Å². The van der Waals surface area contributed by atoms with E-state index in [2.05, 4.69) is 25.9 Å². The van der Waals surface area contributed by atoms with Gasteiger partial charge in [-0.05, 0) is 65.5 Å². The number of nitrogens with one attached hydrogen (secondary N) is 3. The van der Waals surface area contributed by atoms with E-state index in [1.807, 2.05) is 57.1 Å². The summed E-state index contributed by atoms with van der Waals surface area (Å²) in [4.78, 5) is 22.2. The highest BCUT2D eigenvalue weighted by molar-refractivity contribution is 7.70. The molecule has 2 aromatic carbocycles. The molecule has 0 amide bonds. The summed E-state index contributed by atoms with van der Waals surface area (Å²) in [6.45, 7) is 7.92. The molecule has 10 nitrogen and oxygen atoms in total. The average molecular weight is 498 g/mol. The van der Waals surface area contributed by atoms with Crippen LogP contribution >= 0.6 is 7.14 Å². The van der Waals surface area contributed by atoms with Crippen molar-refractivity contribution >= 4 is 47.0 Å². The van der Waals surface area contributed by atoms with Crippen LogP contribution in [0.4, 0.5) is 34.5 Å². The van der Waals surface area contributed by atoms with E-state index in [0.29, 0.717) is 29.4 Å². The fraction of sp³-hybridized carbons (Fsp3) is 0.333. The van der Waals surface area contributed by atoms with Gasteiger partial charge in [-0.15, -0.1) is 0 Å². The van der Waals surface area contributed by atoms with Crippen molar-refractivity contribution in [1.82, 2.24) is 14.9 Å². The Balaban J connectivity index is 1.84. The molecule has 0 aliphatic carbocycles. The Morgan fingerprint density at radius 3 is 2.49 bits per heavy atom. The predicted octanol–water partition coefficient (Wildman–Crippen LogP) is 4.79. The second-order valence-corrected chi connectivity index (χ2v) is 12.2. The van der Waals surface area contributed by atoms with Gasteiger partial charge >= 0.3 is 0 Å². The number of nitro groups is 1. The molecule has 3 rings (SSSR count). The summed E-state index contributed by atoms with van der Waals surface area (Å²) in [5.41, 5.74) is 2.41. The van der Waals surface area contributed by atoms with Crippen LogP contribution in [-0.2, 0) is 4.57 Å². The number of anilines is 5. The van der Waals surface area contributed by atoms with E-state index in [1.54, 1.807) is 31.7 Å². The van der Waals surface area contributed by atoms with Crippen LogP contribution in [0.3, 0.4) is 0 Å². The number of aromatic nitrogens is 2. The number of para-hydroxylation sites is 1. The molecule has 0 radical (unpaired) electrons. The zero-order valence-corrected chi connectivity index (χ0v) is 21.8. The minimum atomic E-state index is -2.51. The quantitative estimate of drug-likeness (QED) is 0.206. The SMILES string of the molecule is Cc1cnc(Nc2ccc(NCC(C)N(C)C)c([N+](=O)[O-])c2)nc1Nc1ccccc1P(C)(C)=O. The van der Waals surface area contributed by atoms with Gasteiger partial charge < -0.3 is 25.4 Å². The largest absolute Gasteiger partial charge is 0.378 e. The van der Waals surface area contributed by atoms with E-state index in [1.165, 1.54) is 6.07 Å². The monoisotopic (exact) mass is 497 g/mol. The number of nitrogens with zero attached hydrogens (tertiary/aromatic N) is 4. The first-order valence-electron chi connectivity index (χ1n) is 11.2. The van der Waals surface area contributed by atoms with Crippen molar-refractivity contribution in [1.29, 1.82) is 0 Å². The third-order valence-electron chi connectivity index (χ3n) is 5.63. The Morgan fingerprint density at radius 2 is 1.83 bits per heavy atom. The molecule has 0 aliphatic heterocycles. The molecule has 0 fully saturated rings. The van der Waals surface area contributed by atoms with Crippen LogP contribution in [0.25, 0.3) is 0 Å². The summed E-state index contributed by atoms with van der Waals surface area (Å²) in [5, 5.41) is 21.9. The lowest BCUT2D eigenvalue weighted by molar-refractivity contribution is -0.383. The van der Waals surface area contributed by atoms with Crippen molar-refractivity contribution < 1.29 is 9.49 Å². The molecule has 0 spiro atoms. The van der Waals surface area contributed by atoms with E-state index in [0.717, 1.165) is 10.9 Å². The number of benzene rings is 2. The van der Waals surface area contributed by atoms with Gasteiger partial charge in [0.25, 0.3) is 5.69 Å². The fourth-order valence-corrected chi connectivity index (χ4v) is 4.44. The number of aryl methyl sites for hydroxylation is 1. The normalized spacial score (nSPS) is 12.3. The van der Waals surface area contributed by atoms with Gasteiger partial charge in [0.1, 0.15) is 18.6 Å². The van der Waals surface area contributed by atoms with Gasteiger partial charge in [0.05, 0.1) is 10.6 Å². The molecular weight excluding hydrogens is 465 g/mol. The second-order valence-electron chi connectivity index (χ2n) is 9.03. The maximum Gasteiger partial charge on any atom is 0.294 e. The van der Waals surface area contributed by atoms with Crippen LogP contribution in [0.1, 0.15) is 12.5 Å². The van der Waals surface area contributed by atoms with Crippen molar-refractivity contribution in [3.8, 4) is 0 Å². The van der Waals surface area contributed by atoms with E-state index >= 15 is 0 Å². The maximum atomic E-state index is 12.7. The molecule has 0 aliphatic rings. The second kappa shape index (κ2) is 10.8. The average Bonchev–Trinajstić information content (AvgIpc) is 2.79. The number of hydrogen-bond donors (Lipinski definition) is 3. The summed E-state index contributed by atoms with van der Waals surface area (Å²) >= 11 is 0. The zero-order chi connectivity index (χ0) is 25.8. The summed E-state index contributed by atoms with van der Waals surface area (Å²) in [7, 11) is 1.41. The molecule has 11 heteroatoms. The van der Waals surface area contributed by atoms with Gasteiger partial charge in [0.2, 0.25) is 5.95 Å². The van der Waals surface area contributed by atoms with Crippen molar-refractivity contribution in [2.24, 2.45) is 0 Å². The number of hydrogen-bond acceptors (Lipinski definition) is 9. The Kier molecular flexibility index (Phi) is 8.09. The van der Waals surface area contributed by atoms with Gasteiger partial charge in [0, 0.05) is 41.4 Å². The highest BCUT2D eigenvalue weighted by Gasteiger charge is 2.18. The lowest BCUT2D eigenvalue weighted by Gasteiger charge is -2.20. The lowest BCUT2D eigenvalue weighted by Crippen LogP contribution is -2.31. The molecule has 0 bridgehead atoms. The Morgan fingerprint density at radius 1 is 1.11 bits per heavy atom. The summed E-state index contributed by atoms with van der Waals surface area (Å²) < 4.78 is 12.7. The van der Waals surface area contributed by atoms with Crippen LogP contribution in [0.5, 0.6) is 0 Å². The molecule has 3 aromatic rings. The molecule has 1 atom stereocenters. The molecule has 0 saturated heterocycles. The highest BCUT2D eigenvalue weighted by Crippen LogP contribution is 2.38. The summed E-state index contributed by atoms with van der Waals surface area (Å²) in [6, 6.07) is 12.5. The van der Waals surface area contributed by atoms with Gasteiger partial charge in [-0.2, -0.15) is 4.98 Å². The van der Waals surface area contributed by atoms with Crippen molar-refractivity contribution in [3.05, 3.63) is 64.3 Å². The zero-order valence-electron chi connectivity index (χ0n) is 20.9. The minimum Gasteiger partial charge on any atom is -0.378 e. The maximum absolute atomic E-state index is 12.7. The van der Waals surface area contributed by atoms with Crippen LogP contribution in [-0.4, -0.2) is 59.8 Å². The number of likely N-dealkylation sites (N-methyl/N-ethyl adjacent to an activating group) is 1. The van der Waals surface area contributed by atoms with E-state index in [-0.39, 0.29) is 17.7 Å². The molecule has 1 heterocycles. The molecule has 3 N–H and O–H groups in total. The molecule has 0 saturated carbocycles. The smallest absolute Gasteiger partial charge is 0.294 e. The number of rotatable bonds is 10. The number of nitro benzene ring substituents is 1. The van der Waals surface area contributed by atoms with Gasteiger partial charge in [-0.3, -0.25) is 10.1 Å². The predicted molar refractivity (Wildman–Crippen MR) is 144 cm³/mol. The lowest BCUT2D eigenvalue weighted by atomic mass is 10.2. The Labute approximate surface area is 205 Å². The van der Waals surface area contributed by atoms with Crippen molar-refractivity contribution in [2.45, 2.75) is 19.9 Å². The van der Waals surface area contributed by atoms with Crippen LogP contribution in [0, 0.1) is 17.0 Å². The molecule has 1 unspecified atom stereocenters. The summed E-state index contributed by atoms with van der Waals surface area (Å²) in [6.07, 6.45) is 1.66. The Hall–Kier alpha value is -3.49. The first-order valence-corrected chi connectivity index (χ1v) is 13.8. The fourth-order valence-electron chi connectivity index (χ4n) is 3.28. The minimum absolute atomic E-state index is 0.0398. The molecule has 186 valence electrons. The van der Waals surface area contributed by atoms with Crippen molar-refractivity contribution in [3.63, 3.8) is 0 Å². The van der Waals surface area contributed by atoms with Crippen molar-refractivity contribution in [2.75, 3.05) is 49.9 Å². The van der Waals surface area contributed by atoms with E-state index < -0.39 is 12.1 Å². The molecule has 1 aromatic heterocycles. The Bertz CT molecular complexity index is 1260. The van der Waals surface area contributed by atoms with Gasteiger partial charge in [0.15, 0.2) is 0 Å². The van der Waals surface area contributed by atoms with Crippen LogP contribution < -0.4 is 21.3 Å². The first kappa shape index (κ1) is 26.1. The third-order valence-corrected chi connectivity index (χ3v) is 7.18. The first-order chi connectivity index (χ1) is 16.5. The molecule has 35 heavy (non-hydrogen) atoms. The summed E-state index contributed by atoms with van der Waals surface area (Å²) in [5.74, 6) is 0.830. The van der Waals surface area contributed by atoms with Crippen LogP contribution in [0.2, 0.25) is 0 Å². The van der Waals surface area contributed by atoms with E-state index in [9.17, 15) is 14.7 Å². The standard InChI is InChI=1S/C24H32N7O3P/c1-16-14-26-24(29-23(16)28-20-9-7-8-10-22(20)35(5,6)34)27-18-11-12-19(21(13-18)31(32)33)25-15-17(2)30(3)4/h7-14,17,25H,15H2,1-6H3,(H2,26,27,28,29). The third kappa shape index (κ3) is 6.77. The van der Waals surface area contributed by atoms with Gasteiger partial charge in [-0.1, -0.05) is 12.1 Å². The topological polar surface area (TPSA) is 125 Å². The van der Waals surface area contributed by atoms with E-state index in [4.69, 9.17) is 0 Å². The highest BCUT2D eigenvalue weighted by atomic mass is 31.2. The molecular formula is C24H32N7O3P.